The molecule has 14 heteroatoms. The third-order valence-electron chi connectivity index (χ3n) is 6.35. The summed E-state index contributed by atoms with van der Waals surface area (Å²) < 4.78 is 66.3. The zero-order chi connectivity index (χ0) is 31.4. The Balaban J connectivity index is 1.56. The zero-order valence-electron chi connectivity index (χ0n) is 23.0. The maximum absolute atomic E-state index is 13.8. The third-order valence-corrected chi connectivity index (χ3v) is 7.52. The van der Waals surface area contributed by atoms with Gasteiger partial charge in [0.25, 0.3) is 0 Å². The highest BCUT2D eigenvalue weighted by atomic mass is 32.2. The van der Waals surface area contributed by atoms with Gasteiger partial charge in [-0.1, -0.05) is 43.0 Å². The van der Waals surface area contributed by atoms with Gasteiger partial charge in [0, 0.05) is 37.2 Å². The van der Waals surface area contributed by atoms with Crippen molar-refractivity contribution in [3.05, 3.63) is 102 Å². The van der Waals surface area contributed by atoms with Crippen LogP contribution >= 0.6 is 0 Å². The van der Waals surface area contributed by atoms with Crippen molar-refractivity contribution >= 4 is 33.3 Å². The van der Waals surface area contributed by atoms with Gasteiger partial charge in [-0.25, -0.2) is 18.4 Å². The normalized spacial score (nSPS) is 12.2. The monoisotopic (exact) mass is 609 g/mol. The van der Waals surface area contributed by atoms with Crippen LogP contribution < -0.4 is 14.9 Å². The van der Waals surface area contributed by atoms with Gasteiger partial charge in [-0.2, -0.15) is 23.4 Å². The Labute approximate surface area is 246 Å². The fourth-order valence-electron chi connectivity index (χ4n) is 4.00. The Morgan fingerprint density at radius 3 is 2.49 bits per heavy atom. The number of aliphatic hydroxyl groups excluding tert-OH is 1. The average Bonchev–Trinajstić information content (AvgIpc) is 2.98. The Morgan fingerprint density at radius 1 is 1.12 bits per heavy atom. The number of alkyl halides is 3. The number of aromatic nitrogens is 3. The summed E-state index contributed by atoms with van der Waals surface area (Å²) in [6.07, 6.45) is -2.86. The first-order chi connectivity index (χ1) is 20.3. The molecule has 1 atom stereocenters. The number of halogens is 3. The first-order valence-corrected chi connectivity index (χ1v) is 14.4. The lowest BCUT2D eigenvalue weighted by Gasteiger charge is -2.20. The van der Waals surface area contributed by atoms with E-state index in [2.05, 4.69) is 32.2 Å². The fraction of sp³-hybridized carbons (Fsp3) is 0.172. The van der Waals surface area contributed by atoms with Crippen LogP contribution in [0.5, 0.6) is 0 Å². The van der Waals surface area contributed by atoms with E-state index >= 15 is 0 Å². The molecule has 222 valence electrons. The molecule has 0 radical (unpaired) electrons. The first-order valence-electron chi connectivity index (χ1n) is 12.6. The standard InChI is InChI=1S/C29H26F3N7O3S/c1-18(15-33)25(40)21-7-4-6-20(14-21)19-9-11-23(12-10-19)37-28-36-17-24(29(30,31)32)26(38-28)35-16-22-8-5-13-34-27(22)39(2)43(3,41)42/h4-14,17,25,40H,1,16H2,2-3H3,(H2,35,36,37,38). The van der Waals surface area contributed by atoms with E-state index in [4.69, 9.17) is 5.26 Å². The van der Waals surface area contributed by atoms with Gasteiger partial charge in [0.1, 0.15) is 23.3 Å². The molecule has 0 saturated heterocycles. The van der Waals surface area contributed by atoms with E-state index in [1.165, 1.54) is 13.2 Å². The maximum Gasteiger partial charge on any atom is 0.421 e. The van der Waals surface area contributed by atoms with E-state index in [9.17, 15) is 26.7 Å². The lowest BCUT2D eigenvalue weighted by molar-refractivity contribution is -0.137. The van der Waals surface area contributed by atoms with Crippen LogP contribution in [0.25, 0.3) is 11.1 Å². The Hall–Kier alpha value is -5.00. The van der Waals surface area contributed by atoms with Gasteiger partial charge in [-0.15, -0.1) is 0 Å². The summed E-state index contributed by atoms with van der Waals surface area (Å²) in [6, 6.07) is 18.8. The van der Waals surface area contributed by atoms with E-state index < -0.39 is 33.7 Å². The second kappa shape index (κ2) is 12.5. The topological polar surface area (TPSA) is 144 Å². The SMILES string of the molecule is C=C(C#N)C(O)c1cccc(-c2ccc(Nc3ncc(C(F)(F)F)c(NCc4cccnc4N(C)S(C)(=O)=O)n3)cc2)c1. The van der Waals surface area contributed by atoms with Crippen LogP contribution in [-0.4, -0.2) is 41.8 Å². The van der Waals surface area contributed by atoms with E-state index in [0.29, 0.717) is 23.0 Å². The highest BCUT2D eigenvalue weighted by Gasteiger charge is 2.35. The van der Waals surface area contributed by atoms with Crippen LogP contribution in [0, 0.1) is 11.3 Å². The summed E-state index contributed by atoms with van der Waals surface area (Å²) in [5, 5.41) is 24.8. The van der Waals surface area contributed by atoms with E-state index in [1.807, 2.05) is 12.1 Å². The van der Waals surface area contributed by atoms with Crippen molar-refractivity contribution < 1.29 is 26.7 Å². The molecule has 3 N–H and O–H groups in total. The molecule has 0 aliphatic heterocycles. The second-order valence-corrected chi connectivity index (χ2v) is 11.4. The van der Waals surface area contributed by atoms with E-state index in [0.717, 1.165) is 21.7 Å². The summed E-state index contributed by atoms with van der Waals surface area (Å²) in [5.74, 6) is -0.551. The fourth-order valence-corrected chi connectivity index (χ4v) is 4.48. The molecule has 0 amide bonds. The predicted molar refractivity (Wildman–Crippen MR) is 157 cm³/mol. The van der Waals surface area contributed by atoms with Crippen molar-refractivity contribution in [3.8, 4) is 17.2 Å². The minimum Gasteiger partial charge on any atom is -0.383 e. The Morgan fingerprint density at radius 2 is 1.84 bits per heavy atom. The van der Waals surface area contributed by atoms with Crippen LogP contribution in [-0.2, 0) is 22.7 Å². The number of pyridine rings is 1. The maximum atomic E-state index is 13.8. The molecule has 10 nitrogen and oxygen atoms in total. The van der Waals surface area contributed by atoms with Crippen molar-refractivity contribution in [1.29, 1.82) is 5.26 Å². The third kappa shape index (κ3) is 7.45. The predicted octanol–water partition coefficient (Wildman–Crippen LogP) is 5.42. The Bertz CT molecular complexity index is 1790. The Kier molecular flexibility index (Phi) is 8.98. The molecular formula is C29H26F3N7O3S. The average molecular weight is 610 g/mol. The number of anilines is 4. The smallest absolute Gasteiger partial charge is 0.383 e. The number of nitriles is 1. The molecule has 4 aromatic rings. The molecule has 4 rings (SSSR count). The summed E-state index contributed by atoms with van der Waals surface area (Å²) in [6.45, 7) is 3.35. The number of aliphatic hydroxyl groups is 1. The van der Waals surface area contributed by atoms with Crippen LogP contribution in [0.1, 0.15) is 22.8 Å². The van der Waals surface area contributed by atoms with E-state index in [1.54, 1.807) is 54.6 Å². The largest absolute Gasteiger partial charge is 0.421 e. The molecule has 0 aliphatic rings. The van der Waals surface area contributed by atoms with Gasteiger partial charge in [-0.05, 0) is 41.0 Å². The summed E-state index contributed by atoms with van der Waals surface area (Å²) in [7, 11) is -2.37. The molecule has 2 heterocycles. The molecule has 2 aromatic carbocycles. The molecule has 0 bridgehead atoms. The lowest BCUT2D eigenvalue weighted by Crippen LogP contribution is -2.27. The number of hydrogen-bond donors (Lipinski definition) is 3. The second-order valence-electron chi connectivity index (χ2n) is 9.39. The zero-order valence-corrected chi connectivity index (χ0v) is 23.8. The van der Waals surface area contributed by atoms with Gasteiger partial charge in [0.2, 0.25) is 16.0 Å². The van der Waals surface area contributed by atoms with Crippen LogP contribution in [0.2, 0.25) is 0 Å². The van der Waals surface area contributed by atoms with Crippen LogP contribution in [0.3, 0.4) is 0 Å². The van der Waals surface area contributed by atoms with Gasteiger partial charge >= 0.3 is 6.18 Å². The number of nitrogens with one attached hydrogen (secondary N) is 2. The van der Waals surface area contributed by atoms with Crippen LogP contribution in [0.4, 0.5) is 36.4 Å². The van der Waals surface area contributed by atoms with Crippen molar-refractivity contribution in [2.75, 3.05) is 28.2 Å². The van der Waals surface area contributed by atoms with Crippen molar-refractivity contribution in [1.82, 2.24) is 15.0 Å². The number of sulfonamides is 1. The molecule has 0 spiro atoms. The summed E-state index contributed by atoms with van der Waals surface area (Å²) in [5.41, 5.74) is 1.80. The van der Waals surface area contributed by atoms with Crippen molar-refractivity contribution in [2.45, 2.75) is 18.8 Å². The minimum absolute atomic E-state index is 0.0178. The number of hydrogen-bond acceptors (Lipinski definition) is 9. The van der Waals surface area contributed by atoms with E-state index in [-0.39, 0.29) is 23.9 Å². The molecular weight excluding hydrogens is 583 g/mol. The number of rotatable bonds is 10. The molecule has 0 fully saturated rings. The molecule has 1 unspecified atom stereocenters. The summed E-state index contributed by atoms with van der Waals surface area (Å²) in [4.78, 5) is 11.9. The minimum atomic E-state index is -4.76. The molecule has 43 heavy (non-hydrogen) atoms. The highest BCUT2D eigenvalue weighted by molar-refractivity contribution is 7.92. The van der Waals surface area contributed by atoms with Crippen molar-refractivity contribution in [3.63, 3.8) is 0 Å². The van der Waals surface area contributed by atoms with Gasteiger partial charge in [-0.3, -0.25) is 4.31 Å². The molecule has 0 aliphatic carbocycles. The van der Waals surface area contributed by atoms with Gasteiger partial charge < -0.3 is 15.7 Å². The van der Waals surface area contributed by atoms with Gasteiger partial charge in [0.15, 0.2) is 0 Å². The van der Waals surface area contributed by atoms with Gasteiger partial charge in [0.05, 0.1) is 17.9 Å². The molecule has 2 aromatic heterocycles. The van der Waals surface area contributed by atoms with Crippen LogP contribution in [0.15, 0.2) is 85.2 Å². The number of nitrogens with zero attached hydrogens (tertiary/aromatic N) is 5. The number of benzene rings is 2. The van der Waals surface area contributed by atoms with Crippen molar-refractivity contribution in [2.24, 2.45) is 0 Å². The lowest BCUT2D eigenvalue weighted by atomic mass is 9.98. The highest BCUT2D eigenvalue weighted by Crippen LogP contribution is 2.35. The molecule has 0 saturated carbocycles. The quantitative estimate of drug-likeness (QED) is 0.201. The summed E-state index contributed by atoms with van der Waals surface area (Å²) >= 11 is 0. The first kappa shape index (κ1) is 30.9.